The largest absolute Gasteiger partial charge is 0.492 e. The number of ketones is 2. The number of amides is 2. The molecule has 2 amide bonds. The molecule has 226 valence electrons. The van der Waals surface area contributed by atoms with Gasteiger partial charge in [-0.3, -0.25) is 14.4 Å². The Bertz CT molecular complexity index is 1200. The van der Waals surface area contributed by atoms with E-state index in [-0.39, 0.29) is 51.7 Å². The first kappa shape index (κ1) is 34.1. The Balaban J connectivity index is 2.65. The summed E-state index contributed by atoms with van der Waals surface area (Å²) in [4.78, 5) is 51.8. The molecule has 0 saturated heterocycles. The monoisotopic (exact) mass is 590 g/mol. The Hall–Kier alpha value is -3.15. The molecule has 0 spiro atoms. The molecule has 0 aromatic carbocycles. The molecular weight excluding hydrogens is 548 g/mol. The summed E-state index contributed by atoms with van der Waals surface area (Å²) in [6, 6.07) is 0. The van der Waals surface area contributed by atoms with Crippen LogP contribution in [0.5, 0.6) is 0 Å². The summed E-state index contributed by atoms with van der Waals surface area (Å²) in [6.45, 7) is 9.02. The summed E-state index contributed by atoms with van der Waals surface area (Å²) in [5.41, 5.74) is 6.33. The topological polar surface area (TPSA) is 154 Å². The second kappa shape index (κ2) is 15.2. The van der Waals surface area contributed by atoms with E-state index < -0.39 is 41.9 Å². The number of nitrogens with two attached hydrogens (primary N) is 1. The predicted octanol–water partition coefficient (Wildman–Crippen LogP) is 3.72. The average Bonchev–Trinajstić information content (AvgIpc) is 2.91. The number of aliphatic hydroxyl groups is 1. The summed E-state index contributed by atoms with van der Waals surface area (Å²) < 4.78 is 16.3. The summed E-state index contributed by atoms with van der Waals surface area (Å²) >= 11 is 1.06. The number of rotatable bonds is 4. The second-order valence-electron chi connectivity index (χ2n) is 10.6. The van der Waals surface area contributed by atoms with E-state index in [0.29, 0.717) is 12.0 Å². The number of carbonyl (C=O) groups excluding carboxylic acids is 4. The van der Waals surface area contributed by atoms with Crippen molar-refractivity contribution in [3.05, 3.63) is 57.4 Å². The Labute approximate surface area is 246 Å². The van der Waals surface area contributed by atoms with Crippen LogP contribution in [0, 0.1) is 17.8 Å². The van der Waals surface area contributed by atoms with Gasteiger partial charge in [-0.2, -0.15) is 0 Å². The first-order valence-electron chi connectivity index (χ1n) is 13.4. The number of carbonyl (C=O) groups is 4. The fraction of sp³-hybridized carbons (Fsp3) is 0.533. The fourth-order valence-corrected chi connectivity index (χ4v) is 5.82. The molecule has 2 rings (SSSR count). The van der Waals surface area contributed by atoms with Crippen LogP contribution < -0.4 is 11.1 Å². The molecule has 10 nitrogen and oxygen atoms in total. The van der Waals surface area contributed by atoms with Gasteiger partial charge in [-0.05, 0) is 50.4 Å². The second-order valence-corrected chi connectivity index (χ2v) is 11.4. The van der Waals surface area contributed by atoms with Crippen molar-refractivity contribution >= 4 is 35.3 Å². The van der Waals surface area contributed by atoms with Crippen molar-refractivity contribution < 1.29 is 38.5 Å². The number of hydrogen-bond donors (Lipinski definition) is 3. The molecule has 0 radical (unpaired) electrons. The number of nitrogens with one attached hydrogen (secondary N) is 1. The van der Waals surface area contributed by atoms with Gasteiger partial charge in [0, 0.05) is 24.2 Å². The molecule has 1 heterocycles. The highest BCUT2D eigenvalue weighted by Crippen LogP contribution is 2.35. The van der Waals surface area contributed by atoms with Gasteiger partial charge < -0.3 is 30.4 Å². The Morgan fingerprint density at radius 3 is 2.34 bits per heavy atom. The standard InChI is InChI=1S/C30H42N2O8S/c1-15-12-17(3)23(33)18(4)14-19(5)26(40-30(31)37)21(38-6)11-9-10-16(2)29(36)32-22-24(34)20(13-15)27(39-7)25(35)28(22)41-8/h9-11,14-15,17-18,21,23,26,33H,12-13H2,1-8H3,(H2,31,37)(H,32,36)/b11-9-,16-10+,19-14+/t15-,17-,18-,21-,23-,26-/m0/s1. The van der Waals surface area contributed by atoms with Crippen molar-refractivity contribution in [3.63, 3.8) is 0 Å². The predicted molar refractivity (Wildman–Crippen MR) is 157 cm³/mol. The molecule has 6 atom stereocenters. The lowest BCUT2D eigenvalue weighted by molar-refractivity contribution is -0.121. The summed E-state index contributed by atoms with van der Waals surface area (Å²) in [6.07, 6.45) is 5.53. The first-order chi connectivity index (χ1) is 19.3. The number of primary amides is 1. The number of hydrogen-bond acceptors (Lipinski definition) is 9. The summed E-state index contributed by atoms with van der Waals surface area (Å²) in [7, 11) is 2.79. The van der Waals surface area contributed by atoms with Crippen LogP contribution in [0.1, 0.15) is 47.5 Å². The maximum Gasteiger partial charge on any atom is 0.405 e. The zero-order chi connectivity index (χ0) is 31.0. The molecule has 2 bridgehead atoms. The van der Waals surface area contributed by atoms with Crippen molar-refractivity contribution in [2.24, 2.45) is 23.5 Å². The molecule has 0 saturated carbocycles. The van der Waals surface area contributed by atoms with E-state index in [1.807, 2.05) is 26.8 Å². The lowest BCUT2D eigenvalue weighted by Gasteiger charge is -2.29. The van der Waals surface area contributed by atoms with Crippen molar-refractivity contribution in [1.29, 1.82) is 0 Å². The maximum atomic E-state index is 13.7. The van der Waals surface area contributed by atoms with Gasteiger partial charge in [0.05, 0.1) is 18.1 Å². The van der Waals surface area contributed by atoms with Crippen molar-refractivity contribution in [1.82, 2.24) is 5.32 Å². The van der Waals surface area contributed by atoms with Crippen LogP contribution in [0.3, 0.4) is 0 Å². The molecule has 0 fully saturated rings. The molecule has 2 aliphatic rings. The normalized spacial score (nSPS) is 32.5. The van der Waals surface area contributed by atoms with E-state index in [0.717, 1.165) is 11.8 Å². The molecule has 0 aromatic heterocycles. The smallest absolute Gasteiger partial charge is 0.405 e. The van der Waals surface area contributed by atoms with E-state index in [9.17, 15) is 24.3 Å². The van der Waals surface area contributed by atoms with Crippen LogP contribution in [0.2, 0.25) is 0 Å². The van der Waals surface area contributed by atoms with Crippen LogP contribution in [-0.2, 0) is 28.6 Å². The van der Waals surface area contributed by atoms with Crippen molar-refractivity contribution in [2.45, 2.75) is 65.8 Å². The first-order valence-corrected chi connectivity index (χ1v) is 14.7. The van der Waals surface area contributed by atoms with Gasteiger partial charge in [0.2, 0.25) is 11.6 Å². The van der Waals surface area contributed by atoms with E-state index >= 15 is 0 Å². The minimum Gasteiger partial charge on any atom is -0.492 e. The van der Waals surface area contributed by atoms with Crippen LogP contribution in [0.25, 0.3) is 0 Å². The van der Waals surface area contributed by atoms with Gasteiger partial charge in [0.1, 0.15) is 11.8 Å². The van der Waals surface area contributed by atoms with Crippen LogP contribution in [0.15, 0.2) is 57.4 Å². The Morgan fingerprint density at radius 1 is 1.12 bits per heavy atom. The third kappa shape index (κ3) is 8.43. The van der Waals surface area contributed by atoms with E-state index in [2.05, 4.69) is 5.32 Å². The Morgan fingerprint density at radius 2 is 1.78 bits per heavy atom. The molecule has 1 aliphatic carbocycles. The van der Waals surface area contributed by atoms with Gasteiger partial charge >= 0.3 is 6.09 Å². The average molecular weight is 591 g/mol. The van der Waals surface area contributed by atoms with E-state index in [1.54, 1.807) is 32.3 Å². The fourth-order valence-electron chi connectivity index (χ4n) is 5.20. The number of aliphatic hydroxyl groups excluding tert-OH is 1. The van der Waals surface area contributed by atoms with Gasteiger partial charge in [0.25, 0.3) is 5.91 Å². The number of fused-ring (bicyclic) bond motifs is 2. The zero-order valence-electron chi connectivity index (χ0n) is 25.0. The number of Topliss-reactive ketones (excluding diaryl/α,β-unsaturated/α-hetero) is 2. The van der Waals surface area contributed by atoms with Crippen molar-refractivity contribution in [2.75, 3.05) is 20.5 Å². The van der Waals surface area contributed by atoms with Crippen LogP contribution in [0.4, 0.5) is 4.79 Å². The van der Waals surface area contributed by atoms with E-state index in [1.165, 1.54) is 20.3 Å². The van der Waals surface area contributed by atoms with Crippen LogP contribution >= 0.6 is 11.8 Å². The lowest BCUT2D eigenvalue weighted by Crippen LogP contribution is -2.35. The number of thioether (sulfide) groups is 1. The molecule has 11 heteroatoms. The molecule has 0 aromatic rings. The third-order valence-corrected chi connectivity index (χ3v) is 8.10. The quantitative estimate of drug-likeness (QED) is 0.328. The minimum atomic E-state index is -0.981. The highest BCUT2D eigenvalue weighted by atomic mass is 32.2. The number of ether oxygens (including phenoxy) is 3. The zero-order valence-corrected chi connectivity index (χ0v) is 25.8. The van der Waals surface area contributed by atoms with Gasteiger partial charge in [-0.15, -0.1) is 11.8 Å². The van der Waals surface area contributed by atoms with Gasteiger partial charge in [-0.1, -0.05) is 45.1 Å². The summed E-state index contributed by atoms with van der Waals surface area (Å²) in [5.74, 6) is -2.16. The molecule has 4 N–H and O–H groups in total. The SMILES string of the molecule is COC1=C2C[C@@H](C)C[C@H](C)[C@H](O)[C@@H](C)/C=C(\C)[C@H](OC(N)=O)[C@@H](OC)/C=C\C=C(/C)C(=O)NC(=C(SC)C1=O)C2=O. The van der Waals surface area contributed by atoms with E-state index in [4.69, 9.17) is 19.9 Å². The highest BCUT2D eigenvalue weighted by Gasteiger charge is 2.37. The Kier molecular flexibility index (Phi) is 12.6. The number of methoxy groups -OCH3 is 2. The number of allylic oxidation sites excluding steroid dienone is 4. The van der Waals surface area contributed by atoms with Crippen LogP contribution in [-0.4, -0.2) is 67.5 Å². The minimum absolute atomic E-state index is 0.0310. The molecule has 1 aliphatic heterocycles. The van der Waals surface area contributed by atoms with Crippen molar-refractivity contribution in [3.8, 4) is 0 Å². The molecule has 0 unspecified atom stereocenters. The van der Waals surface area contributed by atoms with Gasteiger partial charge in [-0.25, -0.2) is 4.79 Å². The molecular formula is C30H42N2O8S. The maximum absolute atomic E-state index is 13.7. The summed E-state index contributed by atoms with van der Waals surface area (Å²) in [5, 5.41) is 13.8. The van der Waals surface area contributed by atoms with Gasteiger partial charge in [0.15, 0.2) is 11.9 Å². The molecule has 41 heavy (non-hydrogen) atoms. The third-order valence-electron chi connectivity index (χ3n) is 7.30. The lowest BCUT2D eigenvalue weighted by atomic mass is 9.82. The highest BCUT2D eigenvalue weighted by molar-refractivity contribution is 8.03.